The third-order valence-electron chi connectivity index (χ3n) is 4.92. The number of ether oxygens (including phenoxy) is 1. The molecule has 4 rings (SSSR count). The minimum absolute atomic E-state index is 0.00880. The Morgan fingerprint density at radius 1 is 1.23 bits per heavy atom. The third-order valence-corrected chi connectivity index (χ3v) is 6.24. The average Bonchev–Trinajstić information content (AvgIpc) is 3.03. The number of methoxy groups -OCH3 is 1. The predicted octanol–water partition coefficient (Wildman–Crippen LogP) is 3.96. The summed E-state index contributed by atoms with van der Waals surface area (Å²) >= 11 is 6.88. The number of benzene rings is 2. The highest BCUT2D eigenvalue weighted by atomic mass is 35.5. The van der Waals surface area contributed by atoms with Crippen LogP contribution in [0, 0.1) is 5.82 Å². The summed E-state index contributed by atoms with van der Waals surface area (Å²) in [5, 5.41) is 3.77. The van der Waals surface area contributed by atoms with Gasteiger partial charge in [0, 0.05) is 25.2 Å². The quantitative estimate of drug-likeness (QED) is 0.360. The van der Waals surface area contributed by atoms with Crippen molar-refractivity contribution in [2.24, 2.45) is 14.1 Å². The van der Waals surface area contributed by atoms with E-state index in [9.17, 15) is 14.0 Å². The van der Waals surface area contributed by atoms with Gasteiger partial charge in [-0.1, -0.05) is 23.4 Å². The van der Waals surface area contributed by atoms with E-state index >= 15 is 0 Å². The first kappa shape index (κ1) is 21.2. The van der Waals surface area contributed by atoms with Gasteiger partial charge in [0.2, 0.25) is 5.91 Å². The summed E-state index contributed by atoms with van der Waals surface area (Å²) in [7, 11) is 5.01. The molecule has 10 heteroatoms. The molecular formula is C21H18ClFN4O3S. The summed E-state index contributed by atoms with van der Waals surface area (Å²) in [5.41, 5.74) is 2.05. The van der Waals surface area contributed by atoms with Crippen molar-refractivity contribution in [1.29, 1.82) is 0 Å². The molecule has 2 aromatic heterocycles. The van der Waals surface area contributed by atoms with Crippen molar-refractivity contribution in [3.63, 3.8) is 0 Å². The van der Waals surface area contributed by atoms with E-state index in [1.807, 2.05) is 25.2 Å². The van der Waals surface area contributed by atoms with E-state index in [1.54, 1.807) is 18.7 Å². The number of carbonyl (C=O) groups is 1. The molecule has 0 fully saturated rings. The zero-order chi connectivity index (χ0) is 22.3. The molecule has 31 heavy (non-hydrogen) atoms. The first-order chi connectivity index (χ1) is 14.8. The Balaban J connectivity index is 1.65. The highest BCUT2D eigenvalue weighted by Gasteiger charge is 2.18. The molecule has 0 spiro atoms. The Morgan fingerprint density at radius 3 is 2.71 bits per heavy atom. The average molecular weight is 461 g/mol. The number of aryl methyl sites for hydroxylation is 1. The number of fused-ring (bicyclic) bond motifs is 3. The van der Waals surface area contributed by atoms with E-state index < -0.39 is 5.82 Å². The van der Waals surface area contributed by atoms with Crippen LogP contribution in [0.25, 0.3) is 21.9 Å². The fourth-order valence-corrected chi connectivity index (χ4v) is 4.28. The number of rotatable bonds is 5. The molecular weight excluding hydrogens is 443 g/mol. The highest BCUT2D eigenvalue weighted by Crippen LogP contribution is 2.29. The summed E-state index contributed by atoms with van der Waals surface area (Å²) in [5.74, 6) is -0.224. The Kier molecular flexibility index (Phi) is 5.63. The molecule has 2 aromatic carbocycles. The number of hydrogen-bond donors (Lipinski definition) is 1. The fourth-order valence-electron chi connectivity index (χ4n) is 3.34. The molecule has 1 amide bonds. The number of hydrogen-bond acceptors (Lipinski definition) is 5. The smallest absolute Gasteiger partial charge is 0.278 e. The summed E-state index contributed by atoms with van der Waals surface area (Å²) < 4.78 is 21.8. The normalized spacial score (nSPS) is 11.3. The van der Waals surface area contributed by atoms with E-state index in [4.69, 9.17) is 16.3 Å². The van der Waals surface area contributed by atoms with Gasteiger partial charge in [-0.25, -0.2) is 9.37 Å². The number of halogens is 2. The summed E-state index contributed by atoms with van der Waals surface area (Å²) in [6.45, 7) is 0. The van der Waals surface area contributed by atoms with Crippen molar-refractivity contribution in [2.75, 3.05) is 18.2 Å². The molecule has 1 N–H and O–H groups in total. The lowest BCUT2D eigenvalue weighted by atomic mass is 10.2. The minimum atomic E-state index is -0.562. The number of aromatic nitrogens is 3. The molecule has 0 atom stereocenters. The van der Waals surface area contributed by atoms with Gasteiger partial charge in [-0.15, -0.1) is 0 Å². The molecule has 0 bridgehead atoms. The Bertz CT molecular complexity index is 1400. The van der Waals surface area contributed by atoms with Gasteiger partial charge >= 0.3 is 0 Å². The van der Waals surface area contributed by atoms with Crippen LogP contribution >= 0.6 is 23.4 Å². The molecule has 0 radical (unpaired) electrons. The SMILES string of the molecule is COc1ccc2c(c1)c1nc(SCC(=O)Nc3ccc(F)c(Cl)c3)n(C)c(=O)c1n2C. The van der Waals surface area contributed by atoms with Crippen molar-refractivity contribution >= 4 is 56.9 Å². The molecule has 160 valence electrons. The van der Waals surface area contributed by atoms with Crippen molar-refractivity contribution < 1.29 is 13.9 Å². The lowest BCUT2D eigenvalue weighted by Crippen LogP contribution is -2.22. The first-order valence-electron chi connectivity index (χ1n) is 9.21. The molecule has 2 heterocycles. The minimum Gasteiger partial charge on any atom is -0.497 e. The number of anilines is 1. The van der Waals surface area contributed by atoms with E-state index in [-0.39, 0.29) is 22.2 Å². The van der Waals surface area contributed by atoms with Crippen LogP contribution in [0.1, 0.15) is 0 Å². The van der Waals surface area contributed by atoms with E-state index in [1.165, 1.54) is 22.8 Å². The second-order valence-electron chi connectivity index (χ2n) is 6.86. The van der Waals surface area contributed by atoms with Gasteiger partial charge < -0.3 is 14.6 Å². The van der Waals surface area contributed by atoms with Crippen LogP contribution in [0.2, 0.25) is 5.02 Å². The second kappa shape index (κ2) is 8.24. The molecule has 0 saturated carbocycles. The van der Waals surface area contributed by atoms with Crippen molar-refractivity contribution in [2.45, 2.75) is 5.16 Å². The summed E-state index contributed by atoms with van der Waals surface area (Å²) in [6.07, 6.45) is 0. The lowest BCUT2D eigenvalue weighted by molar-refractivity contribution is -0.113. The van der Waals surface area contributed by atoms with Gasteiger partial charge in [0.1, 0.15) is 22.6 Å². The Labute approximate surface area is 185 Å². The van der Waals surface area contributed by atoms with Gasteiger partial charge in [-0.2, -0.15) is 0 Å². The number of thioether (sulfide) groups is 1. The van der Waals surface area contributed by atoms with Gasteiger partial charge in [-0.05, 0) is 36.4 Å². The Morgan fingerprint density at radius 2 is 2.00 bits per heavy atom. The molecule has 0 aliphatic rings. The van der Waals surface area contributed by atoms with Crippen LogP contribution < -0.4 is 15.6 Å². The summed E-state index contributed by atoms with van der Waals surface area (Å²) in [4.78, 5) is 30.0. The molecule has 0 unspecified atom stereocenters. The number of nitrogens with one attached hydrogen (secondary N) is 1. The Hall–Kier alpha value is -3.04. The van der Waals surface area contributed by atoms with Crippen LogP contribution in [0.15, 0.2) is 46.3 Å². The maximum atomic E-state index is 13.3. The molecule has 0 aliphatic carbocycles. The van der Waals surface area contributed by atoms with Crippen LogP contribution in [-0.2, 0) is 18.9 Å². The summed E-state index contributed by atoms with van der Waals surface area (Å²) in [6, 6.07) is 9.48. The van der Waals surface area contributed by atoms with Crippen LogP contribution in [0.4, 0.5) is 10.1 Å². The van der Waals surface area contributed by atoms with Crippen LogP contribution in [-0.4, -0.2) is 32.9 Å². The molecule has 0 saturated heterocycles. The predicted molar refractivity (Wildman–Crippen MR) is 121 cm³/mol. The topological polar surface area (TPSA) is 78.2 Å². The van der Waals surface area contributed by atoms with Crippen molar-refractivity contribution in [1.82, 2.24) is 14.1 Å². The van der Waals surface area contributed by atoms with Gasteiger partial charge in [0.25, 0.3) is 5.56 Å². The monoisotopic (exact) mass is 460 g/mol. The second-order valence-corrected chi connectivity index (χ2v) is 8.21. The number of nitrogens with zero attached hydrogens (tertiary/aromatic N) is 3. The van der Waals surface area contributed by atoms with Gasteiger partial charge in [0.15, 0.2) is 5.16 Å². The zero-order valence-corrected chi connectivity index (χ0v) is 18.5. The van der Waals surface area contributed by atoms with Crippen LogP contribution in [0.5, 0.6) is 5.75 Å². The van der Waals surface area contributed by atoms with E-state index in [0.717, 1.165) is 22.7 Å². The third kappa shape index (κ3) is 3.86. The maximum absolute atomic E-state index is 13.3. The van der Waals surface area contributed by atoms with Gasteiger partial charge in [-0.3, -0.25) is 14.2 Å². The number of amides is 1. The van der Waals surface area contributed by atoms with E-state index in [2.05, 4.69) is 10.3 Å². The largest absolute Gasteiger partial charge is 0.497 e. The number of carbonyl (C=O) groups excluding carboxylic acids is 1. The van der Waals surface area contributed by atoms with Crippen molar-refractivity contribution in [3.8, 4) is 5.75 Å². The maximum Gasteiger partial charge on any atom is 0.278 e. The van der Waals surface area contributed by atoms with Crippen molar-refractivity contribution in [3.05, 3.63) is 57.6 Å². The van der Waals surface area contributed by atoms with Crippen LogP contribution in [0.3, 0.4) is 0 Å². The van der Waals surface area contributed by atoms with E-state index in [0.29, 0.717) is 27.6 Å². The molecule has 0 aliphatic heterocycles. The fraction of sp³-hybridized carbons (Fsp3) is 0.190. The molecule has 4 aromatic rings. The first-order valence-corrected chi connectivity index (χ1v) is 10.6. The lowest BCUT2D eigenvalue weighted by Gasteiger charge is -2.09. The standard InChI is InChI=1S/C21H18ClFN4O3S/c1-26-16-7-5-12(30-3)9-13(16)18-19(26)20(29)27(2)21(25-18)31-10-17(28)24-11-4-6-15(23)14(22)8-11/h4-9H,10H2,1-3H3,(H,24,28). The zero-order valence-electron chi connectivity index (χ0n) is 16.9. The molecule has 7 nitrogen and oxygen atoms in total. The van der Waals surface area contributed by atoms with Gasteiger partial charge in [0.05, 0.1) is 23.4 Å². The highest BCUT2D eigenvalue weighted by molar-refractivity contribution is 7.99.